The number of aliphatic hydroxyl groups is 2. The smallest absolute Gasteiger partial charge is 0.317 e. The van der Waals surface area contributed by atoms with Crippen molar-refractivity contribution in [3.63, 3.8) is 0 Å². The number of carbonyl (C=O) groups is 1. The predicted molar refractivity (Wildman–Crippen MR) is 126 cm³/mol. The van der Waals surface area contributed by atoms with E-state index >= 15 is 0 Å². The van der Waals surface area contributed by atoms with Crippen LogP contribution in [0.1, 0.15) is 42.7 Å². The molecule has 0 saturated carbocycles. The molecule has 1 atom stereocenters. The molecule has 0 radical (unpaired) electrons. The van der Waals surface area contributed by atoms with Crippen LogP contribution in [0.3, 0.4) is 0 Å². The Morgan fingerprint density at radius 1 is 1.19 bits per heavy atom. The number of nitrogens with one attached hydrogen (secondary N) is 1. The van der Waals surface area contributed by atoms with E-state index in [0.717, 1.165) is 29.8 Å². The van der Waals surface area contributed by atoms with Crippen molar-refractivity contribution in [3.05, 3.63) is 77.0 Å². The SMILES string of the molecule is CC1(C)CC(O)Cc2ccccc21.Cc1c(CCO)nn(-c2ccccc2)c1NC(N)=O. The van der Waals surface area contributed by atoms with Gasteiger partial charge in [-0.3, -0.25) is 5.32 Å². The van der Waals surface area contributed by atoms with E-state index in [1.54, 1.807) is 4.68 Å². The molecule has 1 aromatic heterocycles. The monoisotopic (exact) mass is 436 g/mol. The Kier molecular flexibility index (Phi) is 7.33. The van der Waals surface area contributed by atoms with Crippen molar-refractivity contribution in [2.24, 2.45) is 5.73 Å². The lowest BCUT2D eigenvalue weighted by Crippen LogP contribution is -2.32. The molecule has 5 N–H and O–H groups in total. The number of amides is 2. The Morgan fingerprint density at radius 3 is 2.50 bits per heavy atom. The minimum atomic E-state index is -0.643. The van der Waals surface area contributed by atoms with Gasteiger partial charge in [-0.15, -0.1) is 0 Å². The van der Waals surface area contributed by atoms with E-state index in [1.807, 2.05) is 43.3 Å². The first-order valence-electron chi connectivity index (χ1n) is 10.8. The van der Waals surface area contributed by atoms with Crippen LogP contribution >= 0.6 is 0 Å². The van der Waals surface area contributed by atoms with Crippen LogP contribution in [0.25, 0.3) is 5.69 Å². The molecule has 0 fully saturated rings. The average molecular weight is 437 g/mol. The summed E-state index contributed by atoms with van der Waals surface area (Å²) in [5.41, 5.74) is 10.4. The fraction of sp³-hybridized carbons (Fsp3) is 0.360. The maximum Gasteiger partial charge on any atom is 0.317 e. The molecule has 1 aliphatic carbocycles. The van der Waals surface area contributed by atoms with Crippen LogP contribution in [0.15, 0.2) is 54.6 Å². The summed E-state index contributed by atoms with van der Waals surface area (Å²) >= 11 is 0. The van der Waals surface area contributed by atoms with E-state index in [0.29, 0.717) is 12.2 Å². The van der Waals surface area contributed by atoms with Crippen LogP contribution < -0.4 is 11.1 Å². The number of anilines is 1. The fourth-order valence-electron chi connectivity index (χ4n) is 4.29. The summed E-state index contributed by atoms with van der Waals surface area (Å²) in [6, 6.07) is 17.2. The van der Waals surface area contributed by atoms with E-state index in [1.165, 1.54) is 11.1 Å². The van der Waals surface area contributed by atoms with Crippen LogP contribution in [0.5, 0.6) is 0 Å². The number of aromatic nitrogens is 2. The molecule has 1 heterocycles. The summed E-state index contributed by atoms with van der Waals surface area (Å²) in [7, 11) is 0. The lowest BCUT2D eigenvalue weighted by Gasteiger charge is -2.35. The Morgan fingerprint density at radius 2 is 1.84 bits per heavy atom. The van der Waals surface area contributed by atoms with Gasteiger partial charge in [0.05, 0.1) is 17.5 Å². The minimum absolute atomic E-state index is 0.00263. The number of aliphatic hydroxyl groups excluding tert-OH is 2. The number of carbonyl (C=O) groups excluding carboxylic acids is 1. The molecule has 32 heavy (non-hydrogen) atoms. The van der Waals surface area contributed by atoms with Crippen LogP contribution in [0, 0.1) is 6.92 Å². The van der Waals surface area contributed by atoms with Crippen LogP contribution in [0.4, 0.5) is 10.6 Å². The van der Waals surface area contributed by atoms with E-state index in [-0.39, 0.29) is 18.1 Å². The standard InChI is InChI=1S/C13H16N4O2.C12H16O/c1-9-11(7-8-18)16-17(12(9)15-13(14)19)10-5-3-2-4-6-10;1-12(2)8-10(13)7-9-5-3-4-6-11(9)12/h2-6,18H,7-8H2,1H3,(H3,14,15,19);3-6,10,13H,7-8H2,1-2H3. The van der Waals surface area contributed by atoms with Gasteiger partial charge in [0.15, 0.2) is 0 Å². The number of hydrogen-bond acceptors (Lipinski definition) is 4. The number of nitrogens with two attached hydrogens (primary N) is 1. The van der Waals surface area contributed by atoms with Crippen molar-refractivity contribution in [3.8, 4) is 5.69 Å². The fourth-order valence-corrected chi connectivity index (χ4v) is 4.29. The Bertz CT molecular complexity index is 1060. The molecule has 0 saturated heterocycles. The Balaban J connectivity index is 0.000000193. The van der Waals surface area contributed by atoms with Gasteiger partial charge in [0, 0.05) is 18.6 Å². The summed E-state index contributed by atoms with van der Waals surface area (Å²) in [6.07, 6.45) is 1.97. The third kappa shape index (κ3) is 5.36. The second-order valence-corrected chi connectivity index (χ2v) is 8.73. The van der Waals surface area contributed by atoms with E-state index < -0.39 is 6.03 Å². The summed E-state index contributed by atoms with van der Waals surface area (Å²) in [6.45, 7) is 6.24. The van der Waals surface area contributed by atoms with Gasteiger partial charge in [-0.05, 0) is 48.4 Å². The molecular weight excluding hydrogens is 404 g/mol. The van der Waals surface area contributed by atoms with Crippen molar-refractivity contribution >= 4 is 11.8 Å². The minimum Gasteiger partial charge on any atom is -0.396 e. The summed E-state index contributed by atoms with van der Waals surface area (Å²) < 4.78 is 1.62. The highest BCUT2D eigenvalue weighted by molar-refractivity contribution is 5.88. The van der Waals surface area contributed by atoms with Gasteiger partial charge in [-0.1, -0.05) is 56.3 Å². The zero-order chi connectivity index (χ0) is 23.3. The highest BCUT2D eigenvalue weighted by atomic mass is 16.3. The predicted octanol–water partition coefficient (Wildman–Crippen LogP) is 3.48. The zero-order valence-electron chi connectivity index (χ0n) is 18.9. The van der Waals surface area contributed by atoms with E-state index in [2.05, 4.69) is 42.5 Å². The number of fused-ring (bicyclic) bond motifs is 1. The van der Waals surface area contributed by atoms with Crippen LogP contribution in [-0.2, 0) is 18.3 Å². The van der Waals surface area contributed by atoms with E-state index in [9.17, 15) is 9.90 Å². The molecule has 170 valence electrons. The second kappa shape index (κ2) is 9.97. The zero-order valence-corrected chi connectivity index (χ0v) is 18.9. The quantitative estimate of drug-likeness (QED) is 0.501. The van der Waals surface area contributed by atoms with Gasteiger partial charge >= 0.3 is 6.03 Å². The van der Waals surface area contributed by atoms with Gasteiger partial charge in [0.1, 0.15) is 5.82 Å². The molecule has 7 nitrogen and oxygen atoms in total. The molecular formula is C25H32N4O3. The number of primary amides is 1. The van der Waals surface area contributed by atoms with Gasteiger partial charge in [-0.25, -0.2) is 9.48 Å². The number of benzene rings is 2. The largest absolute Gasteiger partial charge is 0.396 e. The highest BCUT2D eigenvalue weighted by Crippen LogP contribution is 2.36. The summed E-state index contributed by atoms with van der Waals surface area (Å²) in [5.74, 6) is 0.530. The third-order valence-electron chi connectivity index (χ3n) is 5.76. The van der Waals surface area contributed by atoms with Gasteiger partial charge < -0.3 is 15.9 Å². The molecule has 3 aromatic rings. The van der Waals surface area contributed by atoms with Crippen LogP contribution in [0.2, 0.25) is 0 Å². The number of rotatable bonds is 4. The van der Waals surface area contributed by atoms with Crippen molar-refractivity contribution in [2.45, 2.75) is 51.6 Å². The molecule has 2 aromatic carbocycles. The molecule has 1 unspecified atom stereocenters. The molecule has 7 heteroatoms. The number of para-hydroxylation sites is 1. The molecule has 0 spiro atoms. The second-order valence-electron chi connectivity index (χ2n) is 8.73. The first kappa shape index (κ1) is 23.5. The number of nitrogens with zero attached hydrogens (tertiary/aromatic N) is 2. The maximum atomic E-state index is 11.1. The maximum absolute atomic E-state index is 11.1. The highest BCUT2D eigenvalue weighted by Gasteiger charge is 2.31. The molecule has 0 aliphatic heterocycles. The normalized spacial score (nSPS) is 16.5. The summed E-state index contributed by atoms with van der Waals surface area (Å²) in [4.78, 5) is 11.1. The molecule has 2 amide bonds. The summed E-state index contributed by atoms with van der Waals surface area (Å²) in [5, 5.41) is 25.7. The lowest BCUT2D eigenvalue weighted by molar-refractivity contribution is 0.128. The average Bonchev–Trinajstić information content (AvgIpc) is 3.04. The third-order valence-corrected chi connectivity index (χ3v) is 5.76. The van der Waals surface area contributed by atoms with Gasteiger partial charge in [0.25, 0.3) is 0 Å². The molecule has 1 aliphatic rings. The van der Waals surface area contributed by atoms with Gasteiger partial charge in [0.2, 0.25) is 0 Å². The van der Waals surface area contributed by atoms with Crippen molar-refractivity contribution in [1.82, 2.24) is 9.78 Å². The Labute approximate surface area is 188 Å². The first-order valence-corrected chi connectivity index (χ1v) is 10.8. The van der Waals surface area contributed by atoms with Crippen LogP contribution in [-0.4, -0.2) is 38.7 Å². The number of urea groups is 1. The lowest BCUT2D eigenvalue weighted by atomic mass is 9.72. The Hall–Kier alpha value is -3.16. The van der Waals surface area contributed by atoms with Crippen molar-refractivity contribution < 1.29 is 15.0 Å². The van der Waals surface area contributed by atoms with Crippen molar-refractivity contribution in [2.75, 3.05) is 11.9 Å². The number of hydrogen-bond donors (Lipinski definition) is 4. The van der Waals surface area contributed by atoms with Gasteiger partial charge in [-0.2, -0.15) is 5.10 Å². The first-order chi connectivity index (χ1) is 15.2. The van der Waals surface area contributed by atoms with E-state index in [4.69, 9.17) is 10.8 Å². The van der Waals surface area contributed by atoms with Crippen molar-refractivity contribution in [1.29, 1.82) is 0 Å². The molecule has 0 bridgehead atoms. The topological polar surface area (TPSA) is 113 Å². The molecule has 4 rings (SSSR count).